The molecule has 0 spiro atoms. The zero-order valence-corrected chi connectivity index (χ0v) is 23.2. The fourth-order valence-electron chi connectivity index (χ4n) is 5.26. The Balaban J connectivity index is 0.000000470. The van der Waals surface area contributed by atoms with Crippen LogP contribution >= 0.6 is 11.3 Å². The van der Waals surface area contributed by atoms with E-state index in [1.54, 1.807) is 11.3 Å². The Kier molecular flexibility index (Phi) is 9.69. The molecule has 0 bridgehead atoms. The van der Waals surface area contributed by atoms with Crippen LogP contribution in [-0.4, -0.2) is 99.7 Å². The minimum atomic E-state index is -5.08. The first kappa shape index (κ1) is 29.8. The van der Waals surface area contributed by atoms with Crippen LogP contribution in [0.15, 0.2) is 30.3 Å². The fourth-order valence-corrected chi connectivity index (χ4v) is 6.21. The highest BCUT2D eigenvalue weighted by Gasteiger charge is 2.38. The topological polar surface area (TPSA) is 119 Å². The summed E-state index contributed by atoms with van der Waals surface area (Å²) in [6.45, 7) is 8.98. The number of aliphatic carboxylic acids is 1. The number of alkyl halides is 3. The van der Waals surface area contributed by atoms with E-state index >= 15 is 0 Å². The predicted molar refractivity (Wildman–Crippen MR) is 149 cm³/mol. The Morgan fingerprint density at radius 1 is 1.20 bits per heavy atom. The van der Waals surface area contributed by atoms with E-state index in [1.807, 2.05) is 35.2 Å². The Labute approximate surface area is 234 Å². The number of piperazine rings is 1. The SMILES string of the molecule is CCCN(CCN1CCN(C(=O)c2cc3ccccc3[nH]2)CC1)[C@H]1CCc2nc(N)sc2C1.O=C(O)C(F)(F)F. The molecule has 1 amide bonds. The van der Waals surface area contributed by atoms with Crippen molar-refractivity contribution in [3.63, 3.8) is 0 Å². The van der Waals surface area contributed by atoms with Crippen LogP contribution in [0.2, 0.25) is 0 Å². The average molecular weight is 581 g/mol. The van der Waals surface area contributed by atoms with Crippen molar-refractivity contribution in [1.29, 1.82) is 0 Å². The van der Waals surface area contributed by atoms with Gasteiger partial charge in [0.1, 0.15) is 5.69 Å². The van der Waals surface area contributed by atoms with E-state index < -0.39 is 12.1 Å². The number of nitrogens with zero attached hydrogens (tertiary/aromatic N) is 4. The number of nitrogens with two attached hydrogens (primary N) is 1. The molecular formula is C27H35F3N6O3S. The number of carbonyl (C=O) groups excluding carboxylic acids is 1. The number of nitrogens with one attached hydrogen (secondary N) is 1. The molecule has 1 fully saturated rings. The number of carboxylic acid groups (broad SMARTS) is 1. The quantitative estimate of drug-likeness (QED) is 0.388. The number of fused-ring (bicyclic) bond motifs is 2. The highest BCUT2D eigenvalue weighted by molar-refractivity contribution is 7.15. The van der Waals surface area contributed by atoms with E-state index in [2.05, 4.69) is 26.7 Å². The molecular weight excluding hydrogens is 545 g/mol. The van der Waals surface area contributed by atoms with E-state index in [0.717, 1.165) is 69.6 Å². The Morgan fingerprint density at radius 2 is 1.90 bits per heavy atom. The third-order valence-electron chi connectivity index (χ3n) is 7.32. The molecule has 3 aromatic rings. The number of nitrogen functional groups attached to an aromatic ring is 1. The number of aromatic nitrogens is 2. The standard InChI is InChI=1S/C25H34N6OS.C2HF3O2/c1-2-9-30(19-7-8-21-23(17-19)33-25(26)28-21)13-10-29-11-14-31(15-12-29)24(32)22-16-18-5-3-4-6-20(18)27-22;3-2(4,5)1(6)7/h3-6,16,19,27H,2,7-15,17H2,1H3,(H2,26,28);(H,6,7)/t19-;/m0./s1. The van der Waals surface area contributed by atoms with Gasteiger partial charge in [0.25, 0.3) is 5.91 Å². The molecule has 40 heavy (non-hydrogen) atoms. The number of amides is 1. The van der Waals surface area contributed by atoms with Crippen LogP contribution in [0.4, 0.5) is 18.3 Å². The maximum Gasteiger partial charge on any atom is 0.490 e. The van der Waals surface area contributed by atoms with Gasteiger partial charge in [0.2, 0.25) is 0 Å². The molecule has 218 valence electrons. The molecule has 4 N–H and O–H groups in total. The summed E-state index contributed by atoms with van der Waals surface area (Å²) in [5, 5.41) is 8.92. The first-order valence-electron chi connectivity index (χ1n) is 13.4. The Hall–Kier alpha value is -3.16. The number of hydrogen-bond donors (Lipinski definition) is 3. The lowest BCUT2D eigenvalue weighted by Crippen LogP contribution is -2.51. The lowest BCUT2D eigenvalue weighted by Gasteiger charge is -2.38. The number of aryl methyl sites for hydroxylation is 1. The van der Waals surface area contributed by atoms with Crippen LogP contribution in [0.3, 0.4) is 0 Å². The predicted octanol–water partition coefficient (Wildman–Crippen LogP) is 3.87. The van der Waals surface area contributed by atoms with Crippen LogP contribution in [-0.2, 0) is 17.6 Å². The van der Waals surface area contributed by atoms with Gasteiger partial charge in [-0.25, -0.2) is 9.78 Å². The molecule has 1 aliphatic heterocycles. The molecule has 9 nitrogen and oxygen atoms in total. The summed E-state index contributed by atoms with van der Waals surface area (Å²) in [4.78, 5) is 38.2. The molecule has 1 saturated heterocycles. The molecule has 0 unspecified atom stereocenters. The van der Waals surface area contributed by atoms with Gasteiger partial charge in [0, 0.05) is 61.1 Å². The number of halogens is 3. The second kappa shape index (κ2) is 13.0. The van der Waals surface area contributed by atoms with Crippen LogP contribution in [0.25, 0.3) is 10.9 Å². The molecule has 2 aromatic heterocycles. The maximum absolute atomic E-state index is 13.0. The molecule has 2 aliphatic rings. The molecule has 1 aliphatic carbocycles. The number of carboxylic acids is 1. The molecule has 0 saturated carbocycles. The molecule has 13 heteroatoms. The Morgan fingerprint density at radius 3 is 2.55 bits per heavy atom. The van der Waals surface area contributed by atoms with Gasteiger partial charge in [-0.3, -0.25) is 14.6 Å². The van der Waals surface area contributed by atoms with Crippen molar-refractivity contribution in [3.05, 3.63) is 46.6 Å². The molecule has 0 radical (unpaired) electrons. The smallest absolute Gasteiger partial charge is 0.475 e. The van der Waals surface area contributed by atoms with Gasteiger partial charge in [-0.2, -0.15) is 13.2 Å². The summed E-state index contributed by atoms with van der Waals surface area (Å²) < 4.78 is 31.7. The van der Waals surface area contributed by atoms with Crippen LogP contribution in [0.5, 0.6) is 0 Å². The minimum Gasteiger partial charge on any atom is -0.475 e. The number of hydrogen-bond acceptors (Lipinski definition) is 7. The highest BCUT2D eigenvalue weighted by Crippen LogP contribution is 2.30. The lowest BCUT2D eigenvalue weighted by atomic mass is 9.96. The van der Waals surface area contributed by atoms with Crippen molar-refractivity contribution in [2.75, 3.05) is 51.5 Å². The van der Waals surface area contributed by atoms with E-state index in [-0.39, 0.29) is 5.91 Å². The number of thiazole rings is 1. The van der Waals surface area contributed by atoms with Gasteiger partial charge < -0.3 is 20.7 Å². The van der Waals surface area contributed by atoms with E-state index in [1.165, 1.54) is 23.4 Å². The van der Waals surface area contributed by atoms with Crippen LogP contribution < -0.4 is 5.73 Å². The second-order valence-corrected chi connectivity index (χ2v) is 11.2. The zero-order chi connectivity index (χ0) is 28.9. The van der Waals surface area contributed by atoms with Gasteiger partial charge in [-0.1, -0.05) is 25.1 Å². The molecule has 1 atom stereocenters. The Bertz CT molecular complexity index is 1270. The van der Waals surface area contributed by atoms with Crippen molar-refractivity contribution in [2.45, 2.75) is 44.8 Å². The van der Waals surface area contributed by atoms with Crippen LogP contribution in [0, 0.1) is 0 Å². The van der Waals surface area contributed by atoms with Crippen molar-refractivity contribution >= 4 is 39.2 Å². The fraction of sp³-hybridized carbons (Fsp3) is 0.519. The van der Waals surface area contributed by atoms with Gasteiger partial charge >= 0.3 is 12.1 Å². The molecule has 1 aromatic carbocycles. The first-order chi connectivity index (χ1) is 19.0. The van der Waals surface area contributed by atoms with Crippen LogP contribution in [0.1, 0.15) is 40.8 Å². The number of benzene rings is 1. The lowest BCUT2D eigenvalue weighted by molar-refractivity contribution is -0.192. The van der Waals surface area contributed by atoms with E-state index in [4.69, 9.17) is 15.6 Å². The van der Waals surface area contributed by atoms with Crippen molar-refractivity contribution in [1.82, 2.24) is 24.7 Å². The zero-order valence-electron chi connectivity index (χ0n) is 22.4. The number of carbonyl (C=O) groups is 2. The van der Waals surface area contributed by atoms with Crippen molar-refractivity contribution in [3.8, 4) is 0 Å². The van der Waals surface area contributed by atoms with E-state index in [9.17, 15) is 18.0 Å². The molecule has 3 heterocycles. The minimum absolute atomic E-state index is 0.111. The molecule has 5 rings (SSSR count). The number of anilines is 1. The van der Waals surface area contributed by atoms with Gasteiger partial charge in [-0.05, 0) is 44.4 Å². The summed E-state index contributed by atoms with van der Waals surface area (Å²) in [6.07, 6.45) is -0.622. The maximum atomic E-state index is 13.0. The third kappa shape index (κ3) is 7.52. The largest absolute Gasteiger partial charge is 0.490 e. The normalized spacial score (nSPS) is 17.9. The third-order valence-corrected chi connectivity index (χ3v) is 8.27. The summed E-state index contributed by atoms with van der Waals surface area (Å²) in [5.74, 6) is -2.65. The number of rotatable bonds is 7. The second-order valence-electron chi connectivity index (χ2n) is 10.1. The van der Waals surface area contributed by atoms with Gasteiger partial charge in [-0.15, -0.1) is 11.3 Å². The monoisotopic (exact) mass is 580 g/mol. The summed E-state index contributed by atoms with van der Waals surface area (Å²) in [6, 6.07) is 10.6. The summed E-state index contributed by atoms with van der Waals surface area (Å²) in [7, 11) is 0. The summed E-state index contributed by atoms with van der Waals surface area (Å²) in [5.41, 5.74) is 8.88. The number of H-pyrrole nitrogens is 1. The van der Waals surface area contributed by atoms with Gasteiger partial charge in [0.05, 0.1) is 5.69 Å². The highest BCUT2D eigenvalue weighted by atomic mass is 32.1. The van der Waals surface area contributed by atoms with E-state index in [0.29, 0.717) is 16.9 Å². The number of aromatic amines is 1. The van der Waals surface area contributed by atoms with Gasteiger partial charge in [0.15, 0.2) is 5.13 Å². The summed E-state index contributed by atoms with van der Waals surface area (Å²) >= 11 is 1.67. The first-order valence-corrected chi connectivity index (χ1v) is 14.2. The van der Waals surface area contributed by atoms with Crippen molar-refractivity contribution < 1.29 is 27.9 Å². The number of para-hydroxylation sites is 1. The average Bonchev–Trinajstić information content (AvgIpc) is 3.53. The van der Waals surface area contributed by atoms with Crippen molar-refractivity contribution in [2.24, 2.45) is 0 Å².